The summed E-state index contributed by atoms with van der Waals surface area (Å²) in [6.45, 7) is 9.48. The molecule has 1 heterocycles. The number of carboxylic acid groups (broad SMARTS) is 1. The van der Waals surface area contributed by atoms with Gasteiger partial charge in [0.25, 0.3) is 0 Å². The molecular formula is C23H32F3N3O4. The van der Waals surface area contributed by atoms with Crippen LogP contribution in [0.15, 0.2) is 36.4 Å². The second-order valence-electron chi connectivity index (χ2n) is 9.02. The van der Waals surface area contributed by atoms with E-state index in [1.807, 2.05) is 24.0 Å². The Morgan fingerprint density at radius 2 is 1.64 bits per heavy atom. The molecule has 184 valence electrons. The number of aliphatic carboxylic acids is 1. The van der Waals surface area contributed by atoms with E-state index in [1.54, 1.807) is 12.2 Å². The van der Waals surface area contributed by atoms with Gasteiger partial charge in [-0.25, -0.2) is 4.79 Å². The SMILES string of the molecule is CC[C@H](N)C(=O)N[C@H](C=CC(=O)N1Cc2ccccc2C1)CC(C)(C)C.O=C(O)C(F)(F)F. The maximum atomic E-state index is 12.6. The van der Waals surface area contributed by atoms with Crippen molar-refractivity contribution in [3.8, 4) is 0 Å². The van der Waals surface area contributed by atoms with Crippen molar-refractivity contribution in [1.29, 1.82) is 0 Å². The topological polar surface area (TPSA) is 113 Å². The summed E-state index contributed by atoms with van der Waals surface area (Å²) in [6, 6.07) is 7.37. The van der Waals surface area contributed by atoms with Crippen molar-refractivity contribution < 1.29 is 32.7 Å². The Morgan fingerprint density at radius 1 is 1.15 bits per heavy atom. The Morgan fingerprint density at radius 3 is 2.03 bits per heavy atom. The molecule has 2 atom stereocenters. The fourth-order valence-electron chi connectivity index (χ4n) is 3.09. The maximum absolute atomic E-state index is 12.6. The number of carbonyl (C=O) groups is 3. The quantitative estimate of drug-likeness (QED) is 0.551. The zero-order valence-electron chi connectivity index (χ0n) is 19.3. The fraction of sp³-hybridized carbons (Fsp3) is 0.522. The molecule has 0 spiro atoms. The summed E-state index contributed by atoms with van der Waals surface area (Å²) in [4.78, 5) is 35.4. The maximum Gasteiger partial charge on any atom is 0.490 e. The van der Waals surface area contributed by atoms with Gasteiger partial charge in [0.05, 0.1) is 6.04 Å². The number of benzene rings is 1. The van der Waals surface area contributed by atoms with Crippen LogP contribution in [0.1, 0.15) is 51.7 Å². The minimum atomic E-state index is -5.08. The van der Waals surface area contributed by atoms with Crippen LogP contribution in [-0.4, -0.2) is 46.1 Å². The van der Waals surface area contributed by atoms with Gasteiger partial charge in [0, 0.05) is 25.2 Å². The lowest BCUT2D eigenvalue weighted by molar-refractivity contribution is -0.192. The third-order valence-electron chi connectivity index (χ3n) is 4.80. The van der Waals surface area contributed by atoms with Crippen LogP contribution in [0.5, 0.6) is 0 Å². The minimum absolute atomic E-state index is 0.0194. The molecule has 0 saturated heterocycles. The predicted molar refractivity (Wildman–Crippen MR) is 118 cm³/mol. The molecule has 0 aliphatic carbocycles. The van der Waals surface area contributed by atoms with E-state index in [4.69, 9.17) is 15.6 Å². The number of nitrogens with one attached hydrogen (secondary N) is 1. The largest absolute Gasteiger partial charge is 0.490 e. The molecule has 0 radical (unpaired) electrons. The van der Waals surface area contributed by atoms with Crippen molar-refractivity contribution in [3.05, 3.63) is 47.5 Å². The minimum Gasteiger partial charge on any atom is -0.475 e. The van der Waals surface area contributed by atoms with E-state index in [-0.39, 0.29) is 23.3 Å². The van der Waals surface area contributed by atoms with Crippen LogP contribution >= 0.6 is 0 Å². The van der Waals surface area contributed by atoms with Gasteiger partial charge >= 0.3 is 12.1 Å². The van der Waals surface area contributed by atoms with Crippen LogP contribution in [0, 0.1) is 5.41 Å². The lowest BCUT2D eigenvalue weighted by atomic mass is 9.87. The molecule has 7 nitrogen and oxygen atoms in total. The average molecular weight is 472 g/mol. The van der Waals surface area contributed by atoms with Gasteiger partial charge < -0.3 is 21.1 Å². The Kier molecular flexibility index (Phi) is 10.1. The van der Waals surface area contributed by atoms with Gasteiger partial charge in [0.1, 0.15) is 0 Å². The summed E-state index contributed by atoms with van der Waals surface area (Å²) < 4.78 is 31.7. The summed E-state index contributed by atoms with van der Waals surface area (Å²) in [5, 5.41) is 10.1. The average Bonchev–Trinajstić information content (AvgIpc) is 3.14. The highest BCUT2D eigenvalue weighted by Gasteiger charge is 2.38. The third-order valence-corrected chi connectivity index (χ3v) is 4.80. The Labute approximate surface area is 191 Å². The fourth-order valence-corrected chi connectivity index (χ4v) is 3.09. The van der Waals surface area contributed by atoms with Crippen molar-refractivity contribution in [2.24, 2.45) is 11.1 Å². The van der Waals surface area contributed by atoms with E-state index < -0.39 is 18.2 Å². The molecule has 0 bridgehead atoms. The Hall–Kier alpha value is -2.88. The molecule has 33 heavy (non-hydrogen) atoms. The standard InChI is InChI=1S/C21H31N3O2.C2HF3O2/c1-5-18(22)20(26)23-17(12-21(2,3)4)10-11-19(25)24-13-15-8-6-7-9-16(15)14-24;3-2(4,5)1(6)7/h6-11,17-18H,5,12-14,22H2,1-4H3,(H,23,26);(H,6,7)/t17-,18+;/m1./s1. The number of rotatable bonds is 6. The van der Waals surface area contributed by atoms with E-state index >= 15 is 0 Å². The highest BCUT2D eigenvalue weighted by Crippen LogP contribution is 2.24. The molecule has 4 N–H and O–H groups in total. The summed E-state index contributed by atoms with van der Waals surface area (Å²) in [5.41, 5.74) is 8.23. The summed E-state index contributed by atoms with van der Waals surface area (Å²) in [6.07, 6.45) is -0.376. The van der Waals surface area contributed by atoms with E-state index in [0.717, 1.165) is 6.42 Å². The number of hydrogen-bond acceptors (Lipinski definition) is 4. The second-order valence-corrected chi connectivity index (χ2v) is 9.02. The first kappa shape index (κ1) is 28.2. The van der Waals surface area contributed by atoms with Crippen LogP contribution in [0.2, 0.25) is 0 Å². The van der Waals surface area contributed by atoms with Crippen molar-refractivity contribution in [3.63, 3.8) is 0 Å². The van der Waals surface area contributed by atoms with Gasteiger partial charge in [-0.15, -0.1) is 0 Å². The number of halogens is 3. The molecule has 2 amide bonds. The van der Waals surface area contributed by atoms with Crippen LogP contribution in [0.3, 0.4) is 0 Å². The first-order valence-corrected chi connectivity index (χ1v) is 10.5. The zero-order chi connectivity index (χ0) is 25.4. The van der Waals surface area contributed by atoms with Crippen LogP contribution in [0.4, 0.5) is 13.2 Å². The van der Waals surface area contributed by atoms with E-state index in [9.17, 15) is 22.8 Å². The van der Waals surface area contributed by atoms with E-state index in [2.05, 4.69) is 38.2 Å². The van der Waals surface area contributed by atoms with Crippen LogP contribution in [-0.2, 0) is 27.5 Å². The molecule has 0 aromatic heterocycles. The highest BCUT2D eigenvalue weighted by molar-refractivity contribution is 5.88. The molecule has 0 fully saturated rings. The Balaban J connectivity index is 0.000000675. The molecular weight excluding hydrogens is 439 g/mol. The van der Waals surface area contributed by atoms with E-state index in [1.165, 1.54) is 11.1 Å². The van der Waals surface area contributed by atoms with Gasteiger partial charge in [-0.1, -0.05) is 58.0 Å². The van der Waals surface area contributed by atoms with Crippen molar-refractivity contribution in [2.75, 3.05) is 0 Å². The predicted octanol–water partition coefficient (Wildman–Crippen LogP) is 3.38. The smallest absolute Gasteiger partial charge is 0.475 e. The lowest BCUT2D eigenvalue weighted by Gasteiger charge is -2.26. The molecule has 1 aromatic rings. The molecule has 10 heteroatoms. The van der Waals surface area contributed by atoms with Crippen molar-refractivity contribution in [2.45, 2.75) is 71.9 Å². The highest BCUT2D eigenvalue weighted by atomic mass is 19.4. The molecule has 1 aliphatic heterocycles. The van der Waals surface area contributed by atoms with Crippen LogP contribution in [0.25, 0.3) is 0 Å². The number of hydrogen-bond donors (Lipinski definition) is 3. The molecule has 1 aromatic carbocycles. The number of alkyl halides is 3. The first-order valence-electron chi connectivity index (χ1n) is 10.5. The third kappa shape index (κ3) is 10.1. The van der Waals surface area contributed by atoms with Crippen molar-refractivity contribution in [1.82, 2.24) is 10.2 Å². The Bertz CT molecular complexity index is 838. The van der Waals surface area contributed by atoms with Gasteiger partial charge in [0.2, 0.25) is 11.8 Å². The van der Waals surface area contributed by atoms with Crippen molar-refractivity contribution >= 4 is 17.8 Å². The summed E-state index contributed by atoms with van der Waals surface area (Å²) in [7, 11) is 0. The normalized spacial score (nSPS) is 15.3. The number of carbonyl (C=O) groups excluding carboxylic acids is 2. The number of nitrogens with zero attached hydrogens (tertiary/aromatic N) is 1. The second kappa shape index (κ2) is 11.8. The number of nitrogens with two attached hydrogens (primary N) is 1. The molecule has 0 saturated carbocycles. The molecule has 0 unspecified atom stereocenters. The van der Waals surface area contributed by atoms with Gasteiger partial charge in [0.15, 0.2) is 0 Å². The number of fused-ring (bicyclic) bond motifs is 1. The molecule has 2 rings (SSSR count). The van der Waals surface area contributed by atoms with Gasteiger partial charge in [-0.05, 0) is 29.4 Å². The first-order chi connectivity index (χ1) is 15.1. The summed E-state index contributed by atoms with van der Waals surface area (Å²) in [5.74, 6) is -2.96. The number of carboxylic acids is 1. The zero-order valence-corrected chi connectivity index (χ0v) is 19.3. The number of amides is 2. The van der Waals surface area contributed by atoms with Gasteiger partial charge in [-0.2, -0.15) is 13.2 Å². The lowest BCUT2D eigenvalue weighted by Crippen LogP contribution is -2.45. The van der Waals surface area contributed by atoms with E-state index in [0.29, 0.717) is 19.5 Å². The van der Waals surface area contributed by atoms with Crippen LogP contribution < -0.4 is 11.1 Å². The summed E-state index contributed by atoms with van der Waals surface area (Å²) >= 11 is 0. The van der Waals surface area contributed by atoms with Gasteiger partial charge in [-0.3, -0.25) is 9.59 Å². The monoisotopic (exact) mass is 471 g/mol. The molecule has 1 aliphatic rings.